The number of rotatable bonds is 5. The zero-order valence-corrected chi connectivity index (χ0v) is 15.3. The van der Waals surface area contributed by atoms with Gasteiger partial charge in [0.1, 0.15) is 0 Å². The molecule has 3 rings (SSSR count). The van der Waals surface area contributed by atoms with Crippen LogP contribution in [0, 0.1) is 0 Å². The van der Waals surface area contributed by atoms with Crippen LogP contribution in [0.15, 0.2) is 29.4 Å². The Hall–Kier alpha value is -1.04. The minimum absolute atomic E-state index is 0.722. The van der Waals surface area contributed by atoms with Crippen LogP contribution in [0.4, 0.5) is 0 Å². The van der Waals surface area contributed by atoms with Crippen LogP contribution in [0.2, 0.25) is 5.02 Å². The minimum atomic E-state index is 0.722. The lowest BCUT2D eigenvalue weighted by Gasteiger charge is -2.32. The molecule has 0 saturated carbocycles. The van der Waals surface area contributed by atoms with E-state index in [4.69, 9.17) is 11.6 Å². The number of aromatic nitrogens is 3. The van der Waals surface area contributed by atoms with Crippen molar-refractivity contribution in [3.05, 3.63) is 29.3 Å². The highest BCUT2D eigenvalue weighted by Gasteiger charge is 2.19. The summed E-state index contributed by atoms with van der Waals surface area (Å²) in [5.74, 6) is 1.97. The molecule has 1 atom stereocenters. The van der Waals surface area contributed by atoms with Gasteiger partial charge in [0.15, 0.2) is 11.0 Å². The highest BCUT2D eigenvalue weighted by Crippen LogP contribution is 2.26. The standard InChI is InChI=1S/C17H23ClN4S/c1-21-11-4-3-5-15(21)10-12-23-17-20-19-16(22(17)2)13-6-8-14(18)9-7-13/h6-9,15H,3-5,10-12H2,1-2H3. The van der Waals surface area contributed by atoms with Crippen LogP contribution in [0.1, 0.15) is 25.7 Å². The Morgan fingerprint density at radius 2 is 1.96 bits per heavy atom. The number of nitrogens with zero attached hydrogens (tertiary/aromatic N) is 4. The zero-order valence-electron chi connectivity index (χ0n) is 13.7. The minimum Gasteiger partial charge on any atom is -0.305 e. The van der Waals surface area contributed by atoms with Gasteiger partial charge < -0.3 is 9.47 Å². The van der Waals surface area contributed by atoms with Gasteiger partial charge in [-0.3, -0.25) is 0 Å². The first kappa shape index (κ1) is 16.8. The molecule has 1 fully saturated rings. The molecule has 1 unspecified atom stereocenters. The van der Waals surface area contributed by atoms with Crippen molar-refractivity contribution in [2.75, 3.05) is 19.3 Å². The summed E-state index contributed by atoms with van der Waals surface area (Å²) in [6, 6.07) is 8.46. The lowest BCUT2D eigenvalue weighted by Crippen LogP contribution is -2.36. The average molecular weight is 351 g/mol. The Morgan fingerprint density at radius 1 is 1.17 bits per heavy atom. The molecule has 6 heteroatoms. The molecular weight excluding hydrogens is 328 g/mol. The monoisotopic (exact) mass is 350 g/mol. The van der Waals surface area contributed by atoms with Crippen molar-refractivity contribution < 1.29 is 0 Å². The van der Waals surface area contributed by atoms with Crippen molar-refractivity contribution in [2.24, 2.45) is 7.05 Å². The van der Waals surface area contributed by atoms with E-state index in [1.54, 1.807) is 11.8 Å². The largest absolute Gasteiger partial charge is 0.305 e. The predicted octanol–water partition coefficient (Wildman–Crippen LogP) is 4.10. The van der Waals surface area contributed by atoms with Crippen LogP contribution >= 0.6 is 23.4 Å². The number of likely N-dealkylation sites (tertiary alicyclic amines) is 1. The van der Waals surface area contributed by atoms with E-state index in [2.05, 4.69) is 26.7 Å². The Balaban J connectivity index is 1.60. The second-order valence-electron chi connectivity index (χ2n) is 6.14. The summed E-state index contributed by atoms with van der Waals surface area (Å²) in [4.78, 5) is 2.50. The van der Waals surface area contributed by atoms with Crippen LogP contribution < -0.4 is 0 Å². The quantitative estimate of drug-likeness (QED) is 0.760. The summed E-state index contributed by atoms with van der Waals surface area (Å²) in [5.41, 5.74) is 1.04. The van der Waals surface area contributed by atoms with Crippen molar-refractivity contribution in [2.45, 2.75) is 36.9 Å². The molecule has 4 nitrogen and oxygen atoms in total. The third-order valence-corrected chi connectivity index (χ3v) is 5.85. The van der Waals surface area contributed by atoms with Gasteiger partial charge in [-0.05, 0) is 57.1 Å². The molecule has 0 bridgehead atoms. The maximum Gasteiger partial charge on any atom is 0.191 e. The van der Waals surface area contributed by atoms with Gasteiger partial charge in [-0.15, -0.1) is 10.2 Å². The fraction of sp³-hybridized carbons (Fsp3) is 0.529. The van der Waals surface area contributed by atoms with E-state index in [1.165, 1.54) is 32.2 Å². The topological polar surface area (TPSA) is 34.0 Å². The fourth-order valence-electron chi connectivity index (χ4n) is 3.09. The molecule has 1 saturated heterocycles. The van der Waals surface area contributed by atoms with E-state index in [0.717, 1.165) is 33.4 Å². The molecule has 0 N–H and O–H groups in total. The number of hydrogen-bond acceptors (Lipinski definition) is 4. The normalized spacial score (nSPS) is 19.2. The van der Waals surface area contributed by atoms with Gasteiger partial charge in [0.05, 0.1) is 0 Å². The summed E-state index contributed by atoms with van der Waals surface area (Å²) < 4.78 is 2.07. The molecule has 124 valence electrons. The van der Waals surface area contributed by atoms with Crippen molar-refractivity contribution >= 4 is 23.4 Å². The van der Waals surface area contributed by atoms with E-state index in [9.17, 15) is 0 Å². The van der Waals surface area contributed by atoms with Crippen LogP contribution in [0.5, 0.6) is 0 Å². The van der Waals surface area contributed by atoms with Crippen molar-refractivity contribution in [1.82, 2.24) is 19.7 Å². The van der Waals surface area contributed by atoms with E-state index in [1.807, 2.05) is 31.3 Å². The van der Waals surface area contributed by atoms with E-state index in [-0.39, 0.29) is 0 Å². The molecule has 0 amide bonds. The first-order valence-electron chi connectivity index (χ1n) is 8.13. The van der Waals surface area contributed by atoms with Gasteiger partial charge >= 0.3 is 0 Å². The first-order valence-corrected chi connectivity index (χ1v) is 9.50. The zero-order chi connectivity index (χ0) is 16.2. The molecule has 1 aromatic carbocycles. The second kappa shape index (κ2) is 7.69. The van der Waals surface area contributed by atoms with Gasteiger partial charge in [-0.1, -0.05) is 29.8 Å². The number of piperidine rings is 1. The fourth-order valence-corrected chi connectivity index (χ4v) is 4.16. The van der Waals surface area contributed by atoms with Crippen LogP contribution in [-0.4, -0.2) is 45.1 Å². The van der Waals surface area contributed by atoms with Gasteiger partial charge in [0.25, 0.3) is 0 Å². The lowest BCUT2D eigenvalue weighted by atomic mass is 10.0. The predicted molar refractivity (Wildman–Crippen MR) is 97.1 cm³/mol. The number of halogens is 1. The summed E-state index contributed by atoms with van der Waals surface area (Å²) in [7, 11) is 4.27. The number of thioether (sulfide) groups is 1. The molecular formula is C17H23ClN4S. The van der Waals surface area contributed by atoms with Crippen molar-refractivity contribution in [3.63, 3.8) is 0 Å². The molecule has 23 heavy (non-hydrogen) atoms. The Labute approximate surface area is 147 Å². The van der Waals surface area contributed by atoms with E-state index in [0.29, 0.717) is 0 Å². The third kappa shape index (κ3) is 4.08. The Kier molecular flexibility index (Phi) is 5.62. The molecule has 0 radical (unpaired) electrons. The smallest absolute Gasteiger partial charge is 0.191 e. The molecule has 2 heterocycles. The third-order valence-electron chi connectivity index (χ3n) is 4.54. The molecule has 1 aliphatic rings. The van der Waals surface area contributed by atoms with E-state index < -0.39 is 0 Å². The molecule has 1 aromatic heterocycles. The van der Waals surface area contributed by atoms with Crippen LogP contribution in [0.3, 0.4) is 0 Å². The SMILES string of the molecule is CN1CCCCC1CCSc1nnc(-c2ccc(Cl)cc2)n1C. The second-order valence-corrected chi connectivity index (χ2v) is 7.64. The Morgan fingerprint density at radius 3 is 2.70 bits per heavy atom. The molecule has 1 aliphatic heterocycles. The Bertz CT molecular complexity index is 641. The summed E-state index contributed by atoms with van der Waals surface area (Å²) in [5, 5.41) is 10.4. The van der Waals surface area contributed by atoms with Gasteiger partial charge in [-0.25, -0.2) is 0 Å². The lowest BCUT2D eigenvalue weighted by molar-refractivity contribution is 0.182. The maximum atomic E-state index is 5.95. The van der Waals surface area contributed by atoms with Crippen LogP contribution in [0.25, 0.3) is 11.4 Å². The summed E-state index contributed by atoms with van der Waals surface area (Å²) in [6.45, 7) is 1.24. The average Bonchev–Trinajstić information content (AvgIpc) is 2.91. The van der Waals surface area contributed by atoms with Crippen molar-refractivity contribution in [3.8, 4) is 11.4 Å². The number of benzene rings is 1. The van der Waals surface area contributed by atoms with Gasteiger partial charge in [-0.2, -0.15) is 0 Å². The van der Waals surface area contributed by atoms with Crippen molar-refractivity contribution in [1.29, 1.82) is 0 Å². The molecule has 0 aliphatic carbocycles. The maximum absolute atomic E-state index is 5.95. The summed E-state index contributed by atoms with van der Waals surface area (Å²) >= 11 is 7.75. The highest BCUT2D eigenvalue weighted by atomic mass is 35.5. The highest BCUT2D eigenvalue weighted by molar-refractivity contribution is 7.99. The van der Waals surface area contributed by atoms with Gasteiger partial charge in [0.2, 0.25) is 0 Å². The summed E-state index contributed by atoms with van der Waals surface area (Å²) in [6.07, 6.45) is 5.24. The molecule has 0 spiro atoms. The van der Waals surface area contributed by atoms with Crippen LogP contribution in [-0.2, 0) is 7.05 Å². The number of hydrogen-bond donors (Lipinski definition) is 0. The first-order chi connectivity index (χ1) is 11.1. The molecule has 2 aromatic rings. The van der Waals surface area contributed by atoms with Gasteiger partial charge in [0, 0.05) is 29.4 Å². The van der Waals surface area contributed by atoms with E-state index >= 15 is 0 Å².